The number of imidazole rings is 1. The number of aryl methyl sites for hydroxylation is 2. The molecule has 2 aromatic carbocycles. The molecule has 1 saturated heterocycles. The lowest BCUT2D eigenvalue weighted by atomic mass is 9.96. The minimum absolute atomic E-state index is 0.237. The Bertz CT molecular complexity index is 1110. The minimum Gasteiger partial charge on any atom is -0.494 e. The second-order valence-corrected chi connectivity index (χ2v) is 10.1. The summed E-state index contributed by atoms with van der Waals surface area (Å²) in [6.07, 6.45) is 7.01. The Morgan fingerprint density at radius 3 is 2.69 bits per heavy atom. The van der Waals surface area contributed by atoms with Crippen LogP contribution >= 0.6 is 23.2 Å². The van der Waals surface area contributed by atoms with E-state index >= 15 is 0 Å². The van der Waals surface area contributed by atoms with Crippen LogP contribution in [-0.2, 0) is 13.1 Å². The fourth-order valence-electron chi connectivity index (χ4n) is 4.38. The van der Waals surface area contributed by atoms with Crippen molar-refractivity contribution in [1.82, 2.24) is 14.5 Å². The number of rotatable bonds is 10. The standard InChI is InChI=1S/C27H33Cl2N3O3/c1-21-30-11-15-32(21)13-4-16-34-23-6-2-5-22(17-23)19-31-12-3-9-27(33,10-14-31)20-35-24-7-8-25(28)26(29)18-24/h2,5-8,11,15,17-18,33H,3-4,9-10,12-14,16,19-20H2,1H3/t27-/m1/s1. The zero-order chi connectivity index (χ0) is 24.7. The molecule has 1 aliphatic rings. The van der Waals surface area contributed by atoms with Crippen molar-refractivity contribution in [3.63, 3.8) is 0 Å². The Balaban J connectivity index is 1.23. The van der Waals surface area contributed by atoms with Gasteiger partial charge in [-0.1, -0.05) is 35.3 Å². The average Bonchev–Trinajstić information content (AvgIpc) is 3.16. The highest BCUT2D eigenvalue weighted by atomic mass is 35.5. The molecule has 1 N–H and O–H groups in total. The molecule has 0 saturated carbocycles. The van der Waals surface area contributed by atoms with Gasteiger partial charge in [-0.2, -0.15) is 0 Å². The summed E-state index contributed by atoms with van der Waals surface area (Å²) in [6, 6.07) is 13.5. The van der Waals surface area contributed by atoms with Crippen LogP contribution in [-0.4, -0.2) is 51.5 Å². The molecule has 0 radical (unpaired) electrons. The van der Waals surface area contributed by atoms with Crippen LogP contribution in [0.15, 0.2) is 54.9 Å². The van der Waals surface area contributed by atoms with Gasteiger partial charge in [0, 0.05) is 38.1 Å². The van der Waals surface area contributed by atoms with E-state index in [9.17, 15) is 5.11 Å². The third-order valence-corrected chi connectivity index (χ3v) is 7.19. The van der Waals surface area contributed by atoms with Crippen molar-refractivity contribution < 1.29 is 14.6 Å². The Kier molecular flexibility index (Phi) is 8.95. The van der Waals surface area contributed by atoms with Crippen LogP contribution in [0.3, 0.4) is 0 Å². The Morgan fingerprint density at radius 2 is 1.89 bits per heavy atom. The van der Waals surface area contributed by atoms with Crippen molar-refractivity contribution in [1.29, 1.82) is 0 Å². The summed E-state index contributed by atoms with van der Waals surface area (Å²) in [4.78, 5) is 6.64. The lowest BCUT2D eigenvalue weighted by Gasteiger charge is -2.27. The molecule has 1 fully saturated rings. The lowest BCUT2D eigenvalue weighted by Crippen LogP contribution is -2.37. The van der Waals surface area contributed by atoms with E-state index in [4.69, 9.17) is 32.7 Å². The number of aliphatic hydroxyl groups is 1. The summed E-state index contributed by atoms with van der Waals surface area (Å²) in [5.41, 5.74) is 0.352. The zero-order valence-electron chi connectivity index (χ0n) is 20.1. The maximum atomic E-state index is 11.1. The molecule has 0 amide bonds. The van der Waals surface area contributed by atoms with Crippen LogP contribution in [0.25, 0.3) is 0 Å². The monoisotopic (exact) mass is 517 g/mol. The first kappa shape index (κ1) is 25.8. The van der Waals surface area contributed by atoms with Crippen molar-refractivity contribution >= 4 is 23.2 Å². The van der Waals surface area contributed by atoms with E-state index in [1.807, 2.05) is 31.5 Å². The van der Waals surface area contributed by atoms with Crippen LogP contribution in [0.5, 0.6) is 11.5 Å². The molecule has 6 nitrogen and oxygen atoms in total. The average molecular weight is 518 g/mol. The molecule has 0 spiro atoms. The van der Waals surface area contributed by atoms with Gasteiger partial charge in [-0.15, -0.1) is 0 Å². The van der Waals surface area contributed by atoms with Crippen molar-refractivity contribution in [2.24, 2.45) is 0 Å². The number of nitrogens with zero attached hydrogens (tertiary/aromatic N) is 3. The number of likely N-dealkylation sites (tertiary alicyclic amines) is 1. The first-order valence-electron chi connectivity index (χ1n) is 12.1. The van der Waals surface area contributed by atoms with Gasteiger partial charge < -0.3 is 19.1 Å². The molecule has 3 aromatic rings. The predicted octanol–water partition coefficient (Wildman–Crippen LogP) is 5.76. The largest absolute Gasteiger partial charge is 0.494 e. The van der Waals surface area contributed by atoms with Crippen molar-refractivity contribution in [2.75, 3.05) is 26.3 Å². The predicted molar refractivity (Wildman–Crippen MR) is 140 cm³/mol. The van der Waals surface area contributed by atoms with Crippen LogP contribution in [0, 0.1) is 6.92 Å². The molecule has 0 bridgehead atoms. The maximum absolute atomic E-state index is 11.1. The highest BCUT2D eigenvalue weighted by molar-refractivity contribution is 6.42. The third-order valence-electron chi connectivity index (χ3n) is 6.45. The fraction of sp³-hybridized carbons (Fsp3) is 0.444. The second kappa shape index (κ2) is 12.1. The normalized spacial score (nSPS) is 18.9. The Hall–Kier alpha value is -2.25. The van der Waals surface area contributed by atoms with Gasteiger partial charge in [0.2, 0.25) is 0 Å². The number of benzene rings is 2. The van der Waals surface area contributed by atoms with Gasteiger partial charge in [0.15, 0.2) is 0 Å². The zero-order valence-corrected chi connectivity index (χ0v) is 21.6. The van der Waals surface area contributed by atoms with E-state index in [-0.39, 0.29) is 6.61 Å². The SMILES string of the molecule is Cc1nccn1CCCOc1cccc(CN2CCC[C@](O)(COc3ccc(Cl)c(Cl)c3)CC2)c1. The van der Waals surface area contributed by atoms with Crippen molar-refractivity contribution in [2.45, 2.75) is 51.3 Å². The molecule has 188 valence electrons. The van der Waals surface area contributed by atoms with Gasteiger partial charge in [0.25, 0.3) is 0 Å². The number of aromatic nitrogens is 2. The minimum atomic E-state index is -0.862. The molecule has 0 aliphatic carbocycles. The van der Waals surface area contributed by atoms with Gasteiger partial charge >= 0.3 is 0 Å². The van der Waals surface area contributed by atoms with E-state index in [1.54, 1.807) is 18.2 Å². The Morgan fingerprint density at radius 1 is 1.03 bits per heavy atom. The number of hydrogen-bond donors (Lipinski definition) is 1. The Labute approximate surface area is 217 Å². The lowest BCUT2D eigenvalue weighted by molar-refractivity contribution is -0.0168. The van der Waals surface area contributed by atoms with Crippen LogP contribution in [0.4, 0.5) is 0 Å². The summed E-state index contributed by atoms with van der Waals surface area (Å²) >= 11 is 12.0. The molecular weight excluding hydrogens is 485 g/mol. The van der Waals surface area contributed by atoms with Crippen molar-refractivity contribution in [3.05, 3.63) is 76.3 Å². The molecule has 35 heavy (non-hydrogen) atoms. The van der Waals surface area contributed by atoms with Gasteiger partial charge in [-0.25, -0.2) is 4.98 Å². The molecule has 1 aromatic heterocycles. The first-order chi connectivity index (χ1) is 16.9. The molecule has 1 atom stereocenters. The van der Waals surface area contributed by atoms with E-state index < -0.39 is 5.60 Å². The summed E-state index contributed by atoms with van der Waals surface area (Å²) < 4.78 is 14.0. The smallest absolute Gasteiger partial charge is 0.121 e. The van der Waals surface area contributed by atoms with Crippen molar-refractivity contribution in [3.8, 4) is 11.5 Å². The highest BCUT2D eigenvalue weighted by Crippen LogP contribution is 2.29. The third kappa shape index (κ3) is 7.61. The second-order valence-electron chi connectivity index (χ2n) is 9.24. The molecule has 2 heterocycles. The van der Waals surface area contributed by atoms with E-state index in [2.05, 4.69) is 26.6 Å². The topological polar surface area (TPSA) is 59.8 Å². The molecule has 8 heteroatoms. The maximum Gasteiger partial charge on any atom is 0.121 e. The van der Waals surface area contributed by atoms with Gasteiger partial charge in [0.1, 0.15) is 23.9 Å². The summed E-state index contributed by atoms with van der Waals surface area (Å²) in [5.74, 6) is 2.54. The van der Waals surface area contributed by atoms with E-state index in [0.717, 1.165) is 50.6 Å². The molecule has 4 rings (SSSR count). The molecule has 1 aliphatic heterocycles. The van der Waals surface area contributed by atoms with E-state index in [1.165, 1.54) is 5.56 Å². The molecule has 0 unspecified atom stereocenters. The quantitative estimate of drug-likeness (QED) is 0.346. The number of hydrogen-bond acceptors (Lipinski definition) is 5. The van der Waals surface area contributed by atoms with Crippen LogP contribution < -0.4 is 9.47 Å². The van der Waals surface area contributed by atoms with Crippen LogP contribution in [0.2, 0.25) is 10.0 Å². The summed E-state index contributed by atoms with van der Waals surface area (Å²) in [7, 11) is 0. The molecular formula is C27H33Cl2N3O3. The first-order valence-corrected chi connectivity index (χ1v) is 12.9. The fourth-order valence-corrected chi connectivity index (χ4v) is 4.67. The van der Waals surface area contributed by atoms with Gasteiger partial charge in [-0.3, -0.25) is 4.90 Å². The van der Waals surface area contributed by atoms with Gasteiger partial charge in [-0.05, 0) is 69.0 Å². The summed E-state index contributed by atoms with van der Waals surface area (Å²) in [5, 5.41) is 12.1. The number of halogens is 2. The van der Waals surface area contributed by atoms with E-state index in [0.29, 0.717) is 35.2 Å². The number of ether oxygens (including phenoxy) is 2. The van der Waals surface area contributed by atoms with Crippen LogP contribution in [0.1, 0.15) is 37.1 Å². The highest BCUT2D eigenvalue weighted by Gasteiger charge is 2.31. The summed E-state index contributed by atoms with van der Waals surface area (Å²) in [6.45, 7) is 6.38. The van der Waals surface area contributed by atoms with Gasteiger partial charge in [0.05, 0.1) is 22.3 Å².